The van der Waals surface area contributed by atoms with Crippen molar-refractivity contribution in [1.82, 2.24) is 5.48 Å². The van der Waals surface area contributed by atoms with E-state index in [0.29, 0.717) is 0 Å². The number of carbonyl (C=O) groups excluding carboxylic acids is 2. The highest BCUT2D eigenvalue weighted by atomic mass is 16.7. The zero-order valence-corrected chi connectivity index (χ0v) is 5.79. The lowest BCUT2D eigenvalue weighted by Crippen LogP contribution is -2.19. The van der Waals surface area contributed by atoms with Crippen molar-refractivity contribution in [3.8, 4) is 0 Å². The van der Waals surface area contributed by atoms with E-state index in [-0.39, 0.29) is 6.61 Å². The summed E-state index contributed by atoms with van der Waals surface area (Å²) >= 11 is 0. The Morgan fingerprint density at radius 3 is 2.50 bits per heavy atom. The molecular formula is C5H8NO4. The van der Waals surface area contributed by atoms with Gasteiger partial charge in [0.25, 0.3) is 0 Å². The summed E-state index contributed by atoms with van der Waals surface area (Å²) in [4.78, 5) is 24.3. The van der Waals surface area contributed by atoms with Crippen LogP contribution in [0, 0.1) is 0 Å². The fourth-order valence-corrected chi connectivity index (χ4v) is 0.251. The zero-order chi connectivity index (χ0) is 7.98. The van der Waals surface area contributed by atoms with Crippen LogP contribution in [0.5, 0.6) is 0 Å². The van der Waals surface area contributed by atoms with Gasteiger partial charge in [-0.1, -0.05) is 0 Å². The van der Waals surface area contributed by atoms with E-state index < -0.39 is 12.1 Å². The molecule has 0 rings (SSSR count). The monoisotopic (exact) mass is 146 g/mol. The van der Waals surface area contributed by atoms with E-state index in [1.807, 2.05) is 0 Å². The molecule has 0 saturated carbocycles. The maximum Gasteiger partial charge on any atom is 0.466 e. The smallest absolute Gasteiger partial charge is 0.446 e. The quantitative estimate of drug-likeness (QED) is 0.496. The lowest BCUT2D eigenvalue weighted by atomic mass is 10.8. The van der Waals surface area contributed by atoms with Crippen molar-refractivity contribution in [2.75, 3.05) is 6.61 Å². The minimum Gasteiger partial charge on any atom is -0.446 e. The van der Waals surface area contributed by atoms with Crippen LogP contribution in [-0.2, 0) is 14.4 Å². The van der Waals surface area contributed by atoms with Gasteiger partial charge in [-0.05, 0) is 6.92 Å². The van der Waals surface area contributed by atoms with Crippen molar-refractivity contribution < 1.29 is 19.2 Å². The van der Waals surface area contributed by atoms with Crippen molar-refractivity contribution in [3.05, 3.63) is 0 Å². The summed E-state index contributed by atoms with van der Waals surface area (Å²) in [6, 6.07) is 0. The fraction of sp³-hybridized carbons (Fsp3) is 0.600. The lowest BCUT2D eigenvalue weighted by Gasteiger charge is -1.97. The van der Waals surface area contributed by atoms with Crippen LogP contribution in [0.25, 0.3) is 0 Å². The minimum absolute atomic E-state index is 0.212. The number of amides is 1. The first-order valence-corrected chi connectivity index (χ1v) is 2.72. The first-order chi connectivity index (χ1) is 4.66. The van der Waals surface area contributed by atoms with Gasteiger partial charge >= 0.3 is 12.1 Å². The predicted molar refractivity (Wildman–Crippen MR) is 30.9 cm³/mol. The third kappa shape index (κ3) is 4.89. The van der Waals surface area contributed by atoms with Gasteiger partial charge in [-0.25, -0.2) is 9.59 Å². The van der Waals surface area contributed by atoms with Crippen LogP contribution in [0.1, 0.15) is 13.8 Å². The van der Waals surface area contributed by atoms with Gasteiger partial charge in [-0.2, -0.15) is 0 Å². The van der Waals surface area contributed by atoms with Crippen LogP contribution in [0.2, 0.25) is 0 Å². The molecular weight excluding hydrogens is 138 g/mol. The molecule has 5 heteroatoms. The number of hydrogen-bond donors (Lipinski definition) is 0. The van der Waals surface area contributed by atoms with Gasteiger partial charge in [0.1, 0.15) is 0 Å². The van der Waals surface area contributed by atoms with Crippen LogP contribution in [0.4, 0.5) is 4.79 Å². The summed E-state index contributed by atoms with van der Waals surface area (Å²) in [6.07, 6.45) is -0.891. The van der Waals surface area contributed by atoms with E-state index >= 15 is 0 Å². The number of nitrogens with zero attached hydrogens (tertiary/aromatic N) is 1. The van der Waals surface area contributed by atoms with Gasteiger partial charge in [0.2, 0.25) is 0 Å². The molecule has 0 aliphatic heterocycles. The SMILES string of the molecule is CCOC(=O)[N]OC(C)=O. The van der Waals surface area contributed by atoms with E-state index in [9.17, 15) is 9.59 Å². The third-order valence-electron chi connectivity index (χ3n) is 0.517. The Hall–Kier alpha value is -1.26. The summed E-state index contributed by atoms with van der Waals surface area (Å²) in [5.41, 5.74) is 2.80. The molecule has 0 aliphatic carbocycles. The Balaban J connectivity index is 3.30. The lowest BCUT2D eigenvalue weighted by molar-refractivity contribution is -0.147. The number of ether oxygens (including phenoxy) is 1. The van der Waals surface area contributed by atoms with Gasteiger partial charge in [0, 0.05) is 12.4 Å². The van der Waals surface area contributed by atoms with E-state index in [1.165, 1.54) is 0 Å². The van der Waals surface area contributed by atoms with E-state index in [0.717, 1.165) is 6.92 Å². The summed E-state index contributed by atoms with van der Waals surface area (Å²) in [7, 11) is 0. The molecule has 1 radical (unpaired) electrons. The normalized spacial score (nSPS) is 8.20. The molecule has 0 N–H and O–H groups in total. The number of hydrogen-bond acceptors (Lipinski definition) is 4. The highest BCUT2D eigenvalue weighted by molar-refractivity contribution is 5.70. The molecule has 0 spiro atoms. The Morgan fingerprint density at radius 2 is 2.10 bits per heavy atom. The molecule has 0 aromatic rings. The van der Waals surface area contributed by atoms with Crippen molar-refractivity contribution in [2.24, 2.45) is 0 Å². The first kappa shape index (κ1) is 8.74. The molecule has 0 heterocycles. The van der Waals surface area contributed by atoms with Gasteiger partial charge < -0.3 is 9.57 Å². The summed E-state index contributed by atoms with van der Waals surface area (Å²) in [5.74, 6) is -0.645. The molecule has 0 fully saturated rings. The topological polar surface area (TPSA) is 66.7 Å². The Labute approximate surface area is 58.3 Å². The largest absolute Gasteiger partial charge is 0.466 e. The maximum atomic E-state index is 10.3. The fourth-order valence-electron chi connectivity index (χ4n) is 0.251. The maximum absolute atomic E-state index is 10.3. The van der Waals surface area contributed by atoms with Crippen LogP contribution < -0.4 is 5.48 Å². The molecule has 0 aromatic heterocycles. The second kappa shape index (κ2) is 4.60. The highest BCUT2D eigenvalue weighted by Gasteiger charge is 2.04. The molecule has 0 unspecified atom stereocenters. The van der Waals surface area contributed by atoms with Gasteiger partial charge in [-0.15, -0.1) is 0 Å². The molecule has 0 aliphatic rings. The number of carbonyl (C=O) groups is 2. The molecule has 57 valence electrons. The van der Waals surface area contributed by atoms with E-state index in [4.69, 9.17) is 0 Å². The standard InChI is InChI=1S/C5H8NO4/c1-3-9-5(8)6-10-4(2)7/h3H2,1-2H3. The Kier molecular flexibility index (Phi) is 4.02. The highest BCUT2D eigenvalue weighted by Crippen LogP contribution is 1.79. The van der Waals surface area contributed by atoms with Crippen molar-refractivity contribution in [2.45, 2.75) is 13.8 Å². The second-order valence-corrected chi connectivity index (χ2v) is 1.37. The van der Waals surface area contributed by atoms with E-state index in [2.05, 4.69) is 15.1 Å². The van der Waals surface area contributed by atoms with Gasteiger partial charge in [0.05, 0.1) is 6.61 Å². The Bertz CT molecular complexity index is 134. The minimum atomic E-state index is -0.891. The molecule has 0 atom stereocenters. The molecule has 1 amide bonds. The van der Waals surface area contributed by atoms with Crippen molar-refractivity contribution in [3.63, 3.8) is 0 Å². The zero-order valence-electron chi connectivity index (χ0n) is 5.79. The average Bonchev–Trinajstić information content (AvgIpc) is 1.85. The van der Waals surface area contributed by atoms with Crippen LogP contribution in [0.3, 0.4) is 0 Å². The second-order valence-electron chi connectivity index (χ2n) is 1.37. The van der Waals surface area contributed by atoms with Gasteiger partial charge in [-0.3, -0.25) is 0 Å². The van der Waals surface area contributed by atoms with Gasteiger partial charge in [0.15, 0.2) is 0 Å². The van der Waals surface area contributed by atoms with Crippen molar-refractivity contribution in [1.29, 1.82) is 0 Å². The average molecular weight is 146 g/mol. The number of rotatable bonds is 1. The third-order valence-corrected chi connectivity index (χ3v) is 0.517. The molecule has 0 bridgehead atoms. The molecule has 10 heavy (non-hydrogen) atoms. The first-order valence-electron chi connectivity index (χ1n) is 2.72. The molecule has 5 nitrogen and oxygen atoms in total. The van der Waals surface area contributed by atoms with Crippen LogP contribution >= 0.6 is 0 Å². The predicted octanol–water partition coefficient (Wildman–Crippen LogP) is 0.225. The summed E-state index contributed by atoms with van der Waals surface area (Å²) < 4.78 is 4.31. The summed E-state index contributed by atoms with van der Waals surface area (Å²) in [5, 5.41) is 0. The van der Waals surface area contributed by atoms with Crippen LogP contribution in [-0.4, -0.2) is 18.7 Å². The Morgan fingerprint density at radius 1 is 1.50 bits per heavy atom. The molecule has 0 saturated heterocycles. The van der Waals surface area contributed by atoms with Crippen LogP contribution in [0.15, 0.2) is 0 Å². The van der Waals surface area contributed by atoms with Crippen molar-refractivity contribution >= 4 is 12.1 Å². The molecule has 0 aromatic carbocycles. The van der Waals surface area contributed by atoms with E-state index in [1.54, 1.807) is 6.92 Å². The summed E-state index contributed by atoms with van der Waals surface area (Å²) in [6.45, 7) is 2.98. The number of hydroxylamine groups is 1.